The quantitative estimate of drug-likeness (QED) is 0.442. The topological polar surface area (TPSA) is 118 Å². The Balaban J connectivity index is 2.54. The van der Waals surface area contributed by atoms with Crippen molar-refractivity contribution < 1.29 is 19.9 Å². The molecule has 0 saturated heterocycles. The van der Waals surface area contributed by atoms with Crippen molar-refractivity contribution >= 4 is 28.5 Å². The predicted molar refractivity (Wildman–Crippen MR) is 76.8 cm³/mol. The van der Waals surface area contributed by atoms with Crippen molar-refractivity contribution in [3.05, 3.63) is 36.0 Å². The molecule has 7 heteroatoms. The van der Waals surface area contributed by atoms with E-state index in [1.54, 1.807) is 24.3 Å². The molecule has 1 aromatic carbocycles. The van der Waals surface area contributed by atoms with E-state index in [2.05, 4.69) is 5.16 Å². The number of carbonyl (C=O) groups excluding carboxylic acids is 1. The van der Waals surface area contributed by atoms with Gasteiger partial charge in [-0.15, -0.1) is 0 Å². The Morgan fingerprint density at radius 1 is 1.38 bits per heavy atom. The zero-order valence-electron chi connectivity index (χ0n) is 11.4. The number of benzene rings is 1. The molecule has 1 aromatic heterocycles. The first kappa shape index (κ1) is 14.7. The lowest BCUT2D eigenvalue weighted by Crippen LogP contribution is -2.32. The minimum Gasteiger partial charge on any atom is -0.480 e. The van der Waals surface area contributed by atoms with E-state index in [4.69, 9.17) is 16.0 Å². The van der Waals surface area contributed by atoms with Gasteiger partial charge in [-0.1, -0.05) is 23.4 Å². The second-order valence-electron chi connectivity index (χ2n) is 4.68. The van der Waals surface area contributed by atoms with Gasteiger partial charge in [-0.25, -0.2) is 0 Å². The molecule has 0 radical (unpaired) electrons. The van der Waals surface area contributed by atoms with Crippen molar-refractivity contribution in [2.24, 2.45) is 10.9 Å². The summed E-state index contributed by atoms with van der Waals surface area (Å²) in [4.78, 5) is 23.0. The molecule has 2 rings (SSSR count). The van der Waals surface area contributed by atoms with Crippen molar-refractivity contribution in [3.8, 4) is 0 Å². The number of nitrogens with two attached hydrogens (primary N) is 1. The van der Waals surface area contributed by atoms with Gasteiger partial charge in [0, 0.05) is 18.0 Å². The minimum atomic E-state index is -1.11. The van der Waals surface area contributed by atoms with Gasteiger partial charge in [-0.2, -0.15) is 0 Å². The number of carboxylic acids is 1. The van der Waals surface area contributed by atoms with E-state index in [-0.39, 0.29) is 12.1 Å². The van der Waals surface area contributed by atoms with Crippen LogP contribution in [-0.4, -0.2) is 38.5 Å². The highest BCUT2D eigenvalue weighted by Gasteiger charge is 2.19. The van der Waals surface area contributed by atoms with E-state index in [0.717, 1.165) is 5.39 Å². The molecule has 4 N–H and O–H groups in total. The van der Waals surface area contributed by atoms with Crippen molar-refractivity contribution in [2.75, 3.05) is 0 Å². The molecule has 21 heavy (non-hydrogen) atoms. The molecule has 0 aliphatic heterocycles. The second-order valence-corrected chi connectivity index (χ2v) is 4.68. The van der Waals surface area contributed by atoms with Gasteiger partial charge in [0.15, 0.2) is 0 Å². The van der Waals surface area contributed by atoms with E-state index in [9.17, 15) is 9.59 Å². The Morgan fingerprint density at radius 3 is 2.67 bits per heavy atom. The molecule has 0 fully saturated rings. The van der Waals surface area contributed by atoms with E-state index in [1.807, 2.05) is 0 Å². The average Bonchev–Trinajstić information content (AvgIpc) is 2.84. The number of carboxylic acid groups (broad SMARTS) is 1. The maximum Gasteiger partial charge on any atom is 0.320 e. The summed E-state index contributed by atoms with van der Waals surface area (Å²) in [5, 5.41) is 21.3. The maximum atomic E-state index is 12.1. The molecule has 1 unspecified atom stereocenters. The van der Waals surface area contributed by atoms with Crippen LogP contribution in [-0.2, 0) is 11.2 Å². The molecular formula is C14H15N3O4. The Labute approximate surface area is 120 Å². The number of aromatic nitrogens is 1. The van der Waals surface area contributed by atoms with Crippen LogP contribution in [0.3, 0.4) is 0 Å². The highest BCUT2D eigenvalue weighted by molar-refractivity contribution is 6.39. The summed E-state index contributed by atoms with van der Waals surface area (Å²) in [5.41, 5.74) is 6.75. The van der Waals surface area contributed by atoms with E-state index < -0.39 is 17.9 Å². The Bertz CT molecular complexity index is 733. The van der Waals surface area contributed by atoms with Gasteiger partial charge in [-0.05, 0) is 18.6 Å². The lowest BCUT2D eigenvalue weighted by atomic mass is 10.1. The number of oxime groups is 1. The number of hydrogen-bond acceptors (Lipinski definition) is 5. The van der Waals surface area contributed by atoms with Gasteiger partial charge < -0.3 is 16.0 Å². The Morgan fingerprint density at radius 2 is 2.05 bits per heavy atom. The smallest absolute Gasteiger partial charge is 0.320 e. The summed E-state index contributed by atoms with van der Waals surface area (Å²) in [6, 6.07) is 6.02. The van der Waals surface area contributed by atoms with Crippen molar-refractivity contribution in [1.82, 2.24) is 4.57 Å². The van der Waals surface area contributed by atoms with Crippen molar-refractivity contribution in [2.45, 2.75) is 19.4 Å². The number of carbonyl (C=O) groups is 2. The number of fused-ring (bicyclic) bond motifs is 1. The lowest BCUT2D eigenvalue weighted by molar-refractivity contribution is -0.138. The third-order valence-electron chi connectivity index (χ3n) is 3.23. The molecular weight excluding hydrogens is 274 g/mol. The number of aliphatic carboxylic acids is 1. The largest absolute Gasteiger partial charge is 0.480 e. The minimum absolute atomic E-state index is 0.0650. The Kier molecular flexibility index (Phi) is 4.04. The second kappa shape index (κ2) is 5.76. The van der Waals surface area contributed by atoms with Crippen LogP contribution < -0.4 is 5.73 Å². The average molecular weight is 289 g/mol. The molecule has 2 aromatic rings. The highest BCUT2D eigenvalue weighted by Crippen LogP contribution is 2.22. The van der Waals surface area contributed by atoms with Crippen LogP contribution in [0.1, 0.15) is 17.3 Å². The molecule has 1 atom stereocenters. The predicted octanol–water partition coefficient (Wildman–Crippen LogP) is 1.09. The molecule has 0 amide bonds. The van der Waals surface area contributed by atoms with Gasteiger partial charge >= 0.3 is 5.97 Å². The summed E-state index contributed by atoms with van der Waals surface area (Å²) in [6.07, 6.45) is 1.63. The summed E-state index contributed by atoms with van der Waals surface area (Å²) in [6.45, 7) is 1.39. The van der Waals surface area contributed by atoms with Crippen LogP contribution >= 0.6 is 0 Å². The monoisotopic (exact) mass is 289 g/mol. The summed E-state index contributed by atoms with van der Waals surface area (Å²) < 4.78 is 1.33. The van der Waals surface area contributed by atoms with E-state index in [0.29, 0.717) is 11.1 Å². The van der Waals surface area contributed by atoms with E-state index in [1.165, 1.54) is 17.7 Å². The Hall–Kier alpha value is -2.67. The zero-order chi connectivity index (χ0) is 15.6. The van der Waals surface area contributed by atoms with Crippen molar-refractivity contribution in [1.29, 1.82) is 0 Å². The molecule has 1 heterocycles. The fourth-order valence-corrected chi connectivity index (χ4v) is 2.12. The molecule has 110 valence electrons. The summed E-state index contributed by atoms with van der Waals surface area (Å²) >= 11 is 0. The number of para-hydroxylation sites is 1. The van der Waals surface area contributed by atoms with Gasteiger partial charge in [-0.3, -0.25) is 14.2 Å². The number of hydrogen-bond donors (Lipinski definition) is 3. The normalized spacial score (nSPS) is 13.3. The first-order valence-corrected chi connectivity index (χ1v) is 6.26. The molecule has 0 saturated carbocycles. The molecule has 0 bridgehead atoms. The first-order chi connectivity index (χ1) is 9.95. The number of rotatable bonds is 4. The van der Waals surface area contributed by atoms with Crippen LogP contribution in [0.25, 0.3) is 10.9 Å². The molecule has 0 aliphatic carbocycles. The van der Waals surface area contributed by atoms with Crippen LogP contribution in [0.5, 0.6) is 0 Å². The third-order valence-corrected chi connectivity index (χ3v) is 3.23. The summed E-state index contributed by atoms with van der Waals surface area (Å²) in [5.74, 6) is -1.59. The number of nitrogens with zero attached hydrogens (tertiary/aromatic N) is 2. The standard InChI is InChI=1S/C14H15N3O4/c1-8(16-21)13(18)17-7-9(6-11(15)14(19)20)10-4-2-3-5-12(10)17/h2-5,7,11,21H,6,15H2,1H3,(H,19,20)/b16-8+. The lowest BCUT2D eigenvalue weighted by Gasteiger charge is -2.04. The van der Waals surface area contributed by atoms with Crippen LogP contribution in [0, 0.1) is 0 Å². The molecule has 7 nitrogen and oxygen atoms in total. The zero-order valence-corrected chi connectivity index (χ0v) is 11.4. The molecule has 0 spiro atoms. The van der Waals surface area contributed by atoms with Gasteiger partial charge in [0.25, 0.3) is 5.91 Å². The highest BCUT2D eigenvalue weighted by atomic mass is 16.4. The first-order valence-electron chi connectivity index (χ1n) is 6.26. The third kappa shape index (κ3) is 2.77. The van der Waals surface area contributed by atoms with Gasteiger partial charge in [0.05, 0.1) is 5.52 Å². The van der Waals surface area contributed by atoms with Crippen LogP contribution in [0.15, 0.2) is 35.6 Å². The van der Waals surface area contributed by atoms with Gasteiger partial charge in [0.1, 0.15) is 11.8 Å². The SMILES string of the molecule is C/C(=N\O)C(=O)n1cc(CC(N)C(=O)O)c2ccccc21. The molecule has 0 aliphatic rings. The van der Waals surface area contributed by atoms with Gasteiger partial charge in [0.2, 0.25) is 0 Å². The van der Waals surface area contributed by atoms with Crippen molar-refractivity contribution in [3.63, 3.8) is 0 Å². The summed E-state index contributed by atoms with van der Waals surface area (Å²) in [7, 11) is 0. The van der Waals surface area contributed by atoms with Crippen LogP contribution in [0.4, 0.5) is 0 Å². The van der Waals surface area contributed by atoms with Crippen LogP contribution in [0.2, 0.25) is 0 Å². The maximum absolute atomic E-state index is 12.1. The van der Waals surface area contributed by atoms with E-state index >= 15 is 0 Å². The fraction of sp³-hybridized carbons (Fsp3) is 0.214. The fourth-order valence-electron chi connectivity index (χ4n) is 2.12.